The molecule has 0 bridgehead atoms. The zero-order valence-corrected chi connectivity index (χ0v) is 13.7. The first-order valence-corrected chi connectivity index (χ1v) is 8.15. The molecule has 0 saturated heterocycles. The van der Waals surface area contributed by atoms with Crippen LogP contribution in [-0.2, 0) is 19.4 Å². The van der Waals surface area contributed by atoms with E-state index in [-0.39, 0.29) is 18.6 Å². The smallest absolute Gasteiger partial charge is 0.251 e. The molecule has 2 aromatic rings. The molecule has 0 spiro atoms. The van der Waals surface area contributed by atoms with Crippen molar-refractivity contribution in [1.29, 1.82) is 0 Å². The van der Waals surface area contributed by atoms with Gasteiger partial charge >= 0.3 is 0 Å². The minimum absolute atomic E-state index is 0.0780. The molecule has 1 aliphatic rings. The number of aromatic nitrogens is 2. The number of fused-ring (bicyclic) bond motifs is 1. The van der Waals surface area contributed by atoms with Gasteiger partial charge in [0, 0.05) is 35.8 Å². The summed E-state index contributed by atoms with van der Waals surface area (Å²) in [7, 11) is 0. The standard InChI is InChI=1S/C19H21N3O2/c1-3-14-4-6-15(7-5-14)19(24)21-16-8-9-18-17(12-16)20-13(2)22(18)10-11-23/h1,4-7,16,23H,8-12H2,2H3,(H,21,24). The van der Waals surface area contributed by atoms with Crippen molar-refractivity contribution < 1.29 is 9.90 Å². The van der Waals surface area contributed by atoms with Crippen LogP contribution >= 0.6 is 0 Å². The van der Waals surface area contributed by atoms with Crippen LogP contribution in [0.25, 0.3) is 0 Å². The number of benzene rings is 1. The van der Waals surface area contributed by atoms with Crippen molar-refractivity contribution in [2.45, 2.75) is 38.8 Å². The highest BCUT2D eigenvalue weighted by Gasteiger charge is 2.25. The summed E-state index contributed by atoms with van der Waals surface area (Å²) >= 11 is 0. The highest BCUT2D eigenvalue weighted by molar-refractivity contribution is 5.94. The molecule has 124 valence electrons. The van der Waals surface area contributed by atoms with Crippen LogP contribution in [-0.4, -0.2) is 33.2 Å². The predicted molar refractivity (Wildman–Crippen MR) is 91.7 cm³/mol. The van der Waals surface area contributed by atoms with E-state index in [1.54, 1.807) is 24.3 Å². The average molecular weight is 323 g/mol. The molecule has 1 aliphatic carbocycles. The summed E-state index contributed by atoms with van der Waals surface area (Å²) in [5.41, 5.74) is 3.59. The lowest BCUT2D eigenvalue weighted by molar-refractivity contribution is 0.0933. The van der Waals surface area contributed by atoms with Crippen LogP contribution in [0.15, 0.2) is 24.3 Å². The summed E-state index contributed by atoms with van der Waals surface area (Å²) in [6, 6.07) is 7.12. The van der Waals surface area contributed by atoms with Crippen LogP contribution in [0.5, 0.6) is 0 Å². The Kier molecular flexibility index (Phi) is 4.68. The Labute approximate surface area is 141 Å². The lowest BCUT2D eigenvalue weighted by Crippen LogP contribution is -2.39. The zero-order chi connectivity index (χ0) is 17.1. The van der Waals surface area contributed by atoms with Gasteiger partial charge in [0.05, 0.1) is 12.3 Å². The minimum Gasteiger partial charge on any atom is -0.395 e. The number of amides is 1. The quantitative estimate of drug-likeness (QED) is 0.837. The summed E-state index contributed by atoms with van der Waals surface area (Å²) in [5.74, 6) is 3.38. The molecule has 0 saturated carbocycles. The van der Waals surface area contributed by atoms with Crippen molar-refractivity contribution in [1.82, 2.24) is 14.9 Å². The van der Waals surface area contributed by atoms with Gasteiger partial charge in [0.1, 0.15) is 5.82 Å². The number of nitrogens with zero attached hydrogens (tertiary/aromatic N) is 2. The van der Waals surface area contributed by atoms with Crippen molar-refractivity contribution in [2.75, 3.05) is 6.61 Å². The van der Waals surface area contributed by atoms with Crippen LogP contribution in [0, 0.1) is 19.3 Å². The zero-order valence-electron chi connectivity index (χ0n) is 13.7. The van der Waals surface area contributed by atoms with Gasteiger partial charge in [-0.2, -0.15) is 0 Å². The Morgan fingerprint density at radius 2 is 2.21 bits per heavy atom. The first-order chi connectivity index (χ1) is 11.6. The number of terminal acetylenes is 1. The molecule has 0 aliphatic heterocycles. The molecule has 1 unspecified atom stereocenters. The van der Waals surface area contributed by atoms with E-state index < -0.39 is 0 Å². The number of aryl methyl sites for hydroxylation is 1. The number of aliphatic hydroxyl groups is 1. The molecule has 5 nitrogen and oxygen atoms in total. The van der Waals surface area contributed by atoms with E-state index in [1.165, 1.54) is 5.69 Å². The Morgan fingerprint density at radius 3 is 2.88 bits per heavy atom. The minimum atomic E-state index is -0.0847. The molecular weight excluding hydrogens is 302 g/mol. The van der Waals surface area contributed by atoms with E-state index in [9.17, 15) is 9.90 Å². The normalized spacial score (nSPS) is 16.3. The van der Waals surface area contributed by atoms with E-state index in [0.717, 1.165) is 36.3 Å². The monoisotopic (exact) mass is 323 g/mol. The number of hydrogen-bond donors (Lipinski definition) is 2. The van der Waals surface area contributed by atoms with Crippen molar-refractivity contribution in [3.8, 4) is 12.3 Å². The molecular formula is C19H21N3O2. The van der Waals surface area contributed by atoms with Gasteiger partial charge in [-0.15, -0.1) is 6.42 Å². The van der Waals surface area contributed by atoms with E-state index >= 15 is 0 Å². The molecule has 1 amide bonds. The van der Waals surface area contributed by atoms with Gasteiger partial charge in [-0.05, 0) is 44.0 Å². The number of rotatable bonds is 4. The van der Waals surface area contributed by atoms with Gasteiger partial charge in [0.2, 0.25) is 0 Å². The highest BCUT2D eigenvalue weighted by Crippen LogP contribution is 2.22. The number of hydrogen-bond acceptors (Lipinski definition) is 3. The van der Waals surface area contributed by atoms with E-state index in [4.69, 9.17) is 6.42 Å². The van der Waals surface area contributed by atoms with E-state index in [2.05, 4.69) is 20.8 Å². The van der Waals surface area contributed by atoms with Crippen LogP contribution in [0.2, 0.25) is 0 Å². The first-order valence-electron chi connectivity index (χ1n) is 8.15. The third kappa shape index (κ3) is 3.19. The van der Waals surface area contributed by atoms with Crippen molar-refractivity contribution in [3.63, 3.8) is 0 Å². The van der Waals surface area contributed by atoms with Crippen molar-refractivity contribution >= 4 is 5.91 Å². The van der Waals surface area contributed by atoms with Crippen LogP contribution < -0.4 is 5.32 Å². The van der Waals surface area contributed by atoms with Gasteiger partial charge in [-0.25, -0.2) is 4.98 Å². The van der Waals surface area contributed by atoms with E-state index in [0.29, 0.717) is 12.1 Å². The van der Waals surface area contributed by atoms with Gasteiger partial charge in [-0.1, -0.05) is 5.92 Å². The number of carbonyl (C=O) groups is 1. The Morgan fingerprint density at radius 1 is 1.46 bits per heavy atom. The van der Waals surface area contributed by atoms with Gasteiger partial charge in [-0.3, -0.25) is 4.79 Å². The molecule has 0 radical (unpaired) electrons. The predicted octanol–water partition coefficient (Wildman–Crippen LogP) is 1.45. The Hall–Kier alpha value is -2.58. The summed E-state index contributed by atoms with van der Waals surface area (Å²) in [5, 5.41) is 12.3. The topological polar surface area (TPSA) is 67.2 Å². The van der Waals surface area contributed by atoms with Crippen LogP contribution in [0.1, 0.15) is 39.6 Å². The largest absolute Gasteiger partial charge is 0.395 e. The molecule has 1 heterocycles. The van der Waals surface area contributed by atoms with Gasteiger partial charge in [0.25, 0.3) is 5.91 Å². The maximum Gasteiger partial charge on any atom is 0.251 e. The SMILES string of the molecule is C#Cc1ccc(C(=O)NC2CCc3c(nc(C)n3CCO)C2)cc1. The second-order valence-electron chi connectivity index (χ2n) is 6.06. The molecule has 1 aromatic carbocycles. The number of imidazole rings is 1. The van der Waals surface area contributed by atoms with Gasteiger partial charge in [0.15, 0.2) is 0 Å². The molecule has 1 aromatic heterocycles. The summed E-state index contributed by atoms with van der Waals surface area (Å²) in [4.78, 5) is 17.0. The van der Waals surface area contributed by atoms with Crippen molar-refractivity contribution in [2.24, 2.45) is 0 Å². The maximum absolute atomic E-state index is 12.4. The third-order valence-corrected chi connectivity index (χ3v) is 4.49. The summed E-state index contributed by atoms with van der Waals surface area (Å²) < 4.78 is 2.08. The first kappa shape index (κ1) is 16.3. The average Bonchev–Trinajstić information content (AvgIpc) is 2.90. The maximum atomic E-state index is 12.4. The highest BCUT2D eigenvalue weighted by atomic mass is 16.3. The fourth-order valence-electron chi connectivity index (χ4n) is 3.27. The Balaban J connectivity index is 1.68. The molecule has 0 fully saturated rings. The van der Waals surface area contributed by atoms with Crippen molar-refractivity contribution in [3.05, 3.63) is 52.6 Å². The lowest BCUT2D eigenvalue weighted by atomic mass is 9.95. The molecule has 2 N–H and O–H groups in total. The summed E-state index contributed by atoms with van der Waals surface area (Å²) in [6.45, 7) is 2.64. The molecule has 3 rings (SSSR count). The fraction of sp³-hybridized carbons (Fsp3) is 0.368. The number of carbonyl (C=O) groups excluding carboxylic acids is 1. The second-order valence-corrected chi connectivity index (χ2v) is 6.06. The lowest BCUT2D eigenvalue weighted by Gasteiger charge is -2.24. The molecule has 1 atom stereocenters. The number of nitrogens with one attached hydrogen (secondary N) is 1. The van der Waals surface area contributed by atoms with E-state index in [1.807, 2.05) is 6.92 Å². The third-order valence-electron chi connectivity index (χ3n) is 4.49. The fourth-order valence-corrected chi connectivity index (χ4v) is 3.27. The van der Waals surface area contributed by atoms with Gasteiger partial charge < -0.3 is 15.0 Å². The second kappa shape index (κ2) is 6.90. The Bertz CT molecular complexity index is 784. The summed E-state index contributed by atoms with van der Waals surface area (Å²) in [6.07, 6.45) is 7.79. The molecule has 24 heavy (non-hydrogen) atoms. The van der Waals surface area contributed by atoms with Crippen LogP contribution in [0.3, 0.4) is 0 Å². The number of aliphatic hydroxyl groups excluding tert-OH is 1. The van der Waals surface area contributed by atoms with Crippen LogP contribution in [0.4, 0.5) is 0 Å². The molecule has 5 heteroatoms.